The van der Waals surface area contributed by atoms with E-state index in [1.807, 2.05) is 24.3 Å². The molecule has 0 aliphatic heterocycles. The number of anilines is 1. The van der Waals surface area contributed by atoms with Crippen molar-refractivity contribution >= 4 is 34.8 Å². The molecule has 0 spiro atoms. The van der Waals surface area contributed by atoms with Gasteiger partial charge in [0.2, 0.25) is 5.91 Å². The van der Waals surface area contributed by atoms with Crippen LogP contribution in [0.25, 0.3) is 10.9 Å². The molecule has 0 aliphatic rings. The third-order valence-electron chi connectivity index (χ3n) is 4.11. The van der Waals surface area contributed by atoms with E-state index in [4.69, 9.17) is 12.2 Å². The molecule has 0 bridgehead atoms. The quantitative estimate of drug-likeness (QED) is 0.493. The number of benzene rings is 1. The number of hydrogen-bond donors (Lipinski definition) is 2. The fourth-order valence-electron chi connectivity index (χ4n) is 2.78. The maximum absolute atomic E-state index is 12.5. The zero-order valence-corrected chi connectivity index (χ0v) is 15.1. The predicted molar refractivity (Wildman–Crippen MR) is 105 cm³/mol. The normalized spacial score (nSPS) is 10.8. The molecular formula is C19H20N4O2S. The highest BCUT2D eigenvalue weighted by Gasteiger charge is 2.06. The van der Waals surface area contributed by atoms with Crippen LogP contribution in [0.2, 0.25) is 0 Å². The molecule has 7 heteroatoms. The minimum atomic E-state index is -0.0720. The summed E-state index contributed by atoms with van der Waals surface area (Å²) in [6.45, 7) is 0.543. The van der Waals surface area contributed by atoms with Gasteiger partial charge in [-0.25, -0.2) is 4.98 Å². The molecular weight excluding hydrogens is 348 g/mol. The van der Waals surface area contributed by atoms with E-state index < -0.39 is 0 Å². The van der Waals surface area contributed by atoms with E-state index in [1.54, 1.807) is 29.0 Å². The van der Waals surface area contributed by atoms with Gasteiger partial charge >= 0.3 is 0 Å². The van der Waals surface area contributed by atoms with Crippen molar-refractivity contribution in [1.82, 2.24) is 14.5 Å². The highest BCUT2D eigenvalue weighted by molar-refractivity contribution is 7.71. The first kappa shape index (κ1) is 18.0. The van der Waals surface area contributed by atoms with Gasteiger partial charge in [0.25, 0.3) is 5.56 Å². The van der Waals surface area contributed by atoms with E-state index in [1.165, 1.54) is 0 Å². The Morgan fingerprint density at radius 1 is 1.12 bits per heavy atom. The van der Waals surface area contributed by atoms with Crippen molar-refractivity contribution in [2.24, 2.45) is 0 Å². The number of nitrogens with zero attached hydrogens (tertiary/aromatic N) is 2. The molecule has 1 aromatic carbocycles. The number of aromatic nitrogens is 3. The maximum Gasteiger partial charge on any atom is 0.262 e. The highest BCUT2D eigenvalue weighted by Crippen LogP contribution is 2.08. The van der Waals surface area contributed by atoms with Gasteiger partial charge in [-0.2, -0.15) is 0 Å². The molecule has 0 radical (unpaired) electrons. The molecule has 3 rings (SSSR count). The van der Waals surface area contributed by atoms with Gasteiger partial charge in [0, 0.05) is 19.2 Å². The number of para-hydroxylation sites is 1. The van der Waals surface area contributed by atoms with Gasteiger partial charge in [-0.15, -0.1) is 0 Å². The highest BCUT2D eigenvalue weighted by atomic mass is 32.1. The molecule has 0 saturated carbocycles. The van der Waals surface area contributed by atoms with Crippen LogP contribution in [0.3, 0.4) is 0 Å². The molecule has 2 N–H and O–H groups in total. The van der Waals surface area contributed by atoms with Crippen LogP contribution in [0.1, 0.15) is 25.7 Å². The molecule has 0 fully saturated rings. The van der Waals surface area contributed by atoms with Crippen LogP contribution >= 0.6 is 12.2 Å². The Bertz CT molecular complexity index is 1010. The van der Waals surface area contributed by atoms with Crippen LogP contribution in [0.15, 0.2) is 53.5 Å². The van der Waals surface area contributed by atoms with Crippen LogP contribution in [-0.4, -0.2) is 20.4 Å². The molecule has 0 unspecified atom stereocenters. The topological polar surface area (TPSA) is 79.8 Å². The van der Waals surface area contributed by atoms with E-state index in [0.717, 1.165) is 24.8 Å². The Labute approximate surface area is 155 Å². The monoisotopic (exact) mass is 368 g/mol. The second-order valence-corrected chi connectivity index (χ2v) is 6.39. The molecule has 6 nitrogen and oxygen atoms in total. The number of carbonyl (C=O) groups excluding carboxylic acids is 1. The third kappa shape index (κ3) is 4.43. The van der Waals surface area contributed by atoms with E-state index in [0.29, 0.717) is 28.9 Å². The predicted octanol–water partition coefficient (Wildman–Crippen LogP) is 3.65. The largest absolute Gasteiger partial charge is 0.332 e. The number of amides is 1. The molecule has 2 heterocycles. The summed E-state index contributed by atoms with van der Waals surface area (Å²) in [5.41, 5.74) is 0.683. The Morgan fingerprint density at radius 3 is 2.73 bits per heavy atom. The van der Waals surface area contributed by atoms with Crippen LogP contribution in [0.5, 0.6) is 0 Å². The summed E-state index contributed by atoms with van der Waals surface area (Å²) < 4.78 is 2.02. The van der Waals surface area contributed by atoms with Gasteiger partial charge in [-0.1, -0.05) is 24.6 Å². The number of hydrogen-bond acceptors (Lipinski definition) is 4. The molecule has 0 saturated heterocycles. The minimum Gasteiger partial charge on any atom is -0.332 e. The van der Waals surface area contributed by atoms with Crippen molar-refractivity contribution < 1.29 is 4.79 Å². The van der Waals surface area contributed by atoms with Gasteiger partial charge in [0.15, 0.2) is 4.77 Å². The summed E-state index contributed by atoms with van der Waals surface area (Å²) in [5.74, 6) is 0.510. The summed E-state index contributed by atoms with van der Waals surface area (Å²) >= 11 is 5.30. The van der Waals surface area contributed by atoms with E-state index in [2.05, 4.69) is 15.3 Å². The standard InChI is InChI=1S/C19H20N4O2S/c24-17(22-16-10-5-6-12-20-16)11-2-1-7-13-23-18(25)14-8-3-4-9-15(14)21-19(23)26/h3-6,8-10,12H,1-2,7,11,13H2,(H,21,26)(H,20,22,24). The minimum absolute atomic E-state index is 0.0520. The zero-order valence-electron chi connectivity index (χ0n) is 14.3. The lowest BCUT2D eigenvalue weighted by molar-refractivity contribution is -0.116. The van der Waals surface area contributed by atoms with Crippen LogP contribution in [0.4, 0.5) is 5.82 Å². The summed E-state index contributed by atoms with van der Waals surface area (Å²) in [6, 6.07) is 12.7. The Morgan fingerprint density at radius 2 is 1.92 bits per heavy atom. The second-order valence-electron chi connectivity index (χ2n) is 6.01. The van der Waals surface area contributed by atoms with Crippen LogP contribution < -0.4 is 10.9 Å². The van der Waals surface area contributed by atoms with E-state index in [9.17, 15) is 9.59 Å². The number of rotatable bonds is 7. The smallest absolute Gasteiger partial charge is 0.262 e. The van der Waals surface area contributed by atoms with E-state index >= 15 is 0 Å². The lowest BCUT2D eigenvalue weighted by Gasteiger charge is -2.08. The van der Waals surface area contributed by atoms with Crippen molar-refractivity contribution in [3.8, 4) is 0 Å². The number of carbonyl (C=O) groups is 1. The summed E-state index contributed by atoms with van der Waals surface area (Å²) in [6.07, 6.45) is 4.43. The average Bonchev–Trinajstić information content (AvgIpc) is 2.64. The van der Waals surface area contributed by atoms with Crippen LogP contribution in [0, 0.1) is 4.77 Å². The third-order valence-corrected chi connectivity index (χ3v) is 4.43. The molecule has 134 valence electrons. The fourth-order valence-corrected chi connectivity index (χ4v) is 3.06. The molecule has 0 aliphatic carbocycles. The first-order valence-electron chi connectivity index (χ1n) is 8.58. The molecule has 26 heavy (non-hydrogen) atoms. The van der Waals surface area contributed by atoms with E-state index in [-0.39, 0.29) is 11.5 Å². The van der Waals surface area contributed by atoms with Gasteiger partial charge in [0.05, 0.1) is 10.9 Å². The number of fused-ring (bicyclic) bond motifs is 1. The van der Waals surface area contributed by atoms with Gasteiger partial charge in [0.1, 0.15) is 5.82 Å². The number of aromatic amines is 1. The molecule has 3 aromatic rings. The van der Waals surface area contributed by atoms with Crippen LogP contribution in [-0.2, 0) is 11.3 Å². The maximum atomic E-state index is 12.5. The molecule has 0 atom stereocenters. The van der Waals surface area contributed by atoms with Gasteiger partial charge in [-0.3, -0.25) is 14.2 Å². The summed E-state index contributed by atoms with van der Waals surface area (Å²) in [7, 11) is 0. The van der Waals surface area contributed by atoms with Crippen molar-refractivity contribution in [1.29, 1.82) is 0 Å². The lowest BCUT2D eigenvalue weighted by atomic mass is 10.2. The Kier molecular flexibility index (Phi) is 5.91. The summed E-state index contributed by atoms with van der Waals surface area (Å²) in [4.78, 5) is 31.6. The molecule has 1 amide bonds. The molecule has 2 aromatic heterocycles. The van der Waals surface area contributed by atoms with Gasteiger partial charge < -0.3 is 10.3 Å². The van der Waals surface area contributed by atoms with Crippen molar-refractivity contribution in [2.75, 3.05) is 5.32 Å². The Hall–Kier alpha value is -2.80. The number of unbranched alkanes of at least 4 members (excludes halogenated alkanes) is 2. The Balaban J connectivity index is 1.50. The first-order valence-corrected chi connectivity index (χ1v) is 8.99. The average molecular weight is 368 g/mol. The summed E-state index contributed by atoms with van der Waals surface area (Å²) in [5, 5.41) is 3.40. The van der Waals surface area contributed by atoms with Crippen molar-refractivity contribution in [2.45, 2.75) is 32.2 Å². The first-order chi connectivity index (χ1) is 12.6. The number of nitrogens with one attached hydrogen (secondary N) is 2. The fraction of sp³-hybridized carbons (Fsp3) is 0.263. The van der Waals surface area contributed by atoms with Crippen molar-refractivity contribution in [3.63, 3.8) is 0 Å². The number of pyridine rings is 1. The number of H-pyrrole nitrogens is 1. The SMILES string of the molecule is O=C(CCCCCn1c(=S)[nH]c2ccccc2c1=O)Nc1ccccn1. The second kappa shape index (κ2) is 8.53. The zero-order chi connectivity index (χ0) is 18.4. The van der Waals surface area contributed by atoms with Crippen molar-refractivity contribution in [3.05, 3.63) is 63.8 Å². The lowest BCUT2D eigenvalue weighted by Crippen LogP contribution is -2.22. The van der Waals surface area contributed by atoms with Gasteiger partial charge in [-0.05, 0) is 49.3 Å².